The Kier molecular flexibility index (Phi) is 6.57. The quantitative estimate of drug-likeness (QED) is 0.243. The molecule has 0 unspecified atom stereocenters. The molecule has 0 amide bonds. The van der Waals surface area contributed by atoms with Crippen LogP contribution in [0.4, 0.5) is 0 Å². The van der Waals surface area contributed by atoms with E-state index in [2.05, 4.69) is 11.1 Å². The number of benzene rings is 2. The van der Waals surface area contributed by atoms with Gasteiger partial charge in [0, 0.05) is 35.1 Å². The van der Waals surface area contributed by atoms with Crippen LogP contribution in [0.5, 0.6) is 23.1 Å². The van der Waals surface area contributed by atoms with E-state index >= 15 is 0 Å². The Hall–Kier alpha value is -3.62. The first-order valence-electron chi connectivity index (χ1n) is 11.2. The Morgan fingerprint density at radius 3 is 2.54 bits per heavy atom. The van der Waals surface area contributed by atoms with Gasteiger partial charge in [-0.2, -0.15) is 4.98 Å². The van der Waals surface area contributed by atoms with E-state index in [0.29, 0.717) is 29.6 Å². The molecule has 1 aliphatic heterocycles. The Bertz CT molecular complexity index is 1390. The lowest BCUT2D eigenvalue weighted by atomic mass is 9.99. The first-order chi connectivity index (χ1) is 17.1. The van der Waals surface area contributed by atoms with E-state index < -0.39 is 0 Å². The highest BCUT2D eigenvalue weighted by Crippen LogP contribution is 2.43. The number of pyridine rings is 1. The van der Waals surface area contributed by atoms with E-state index in [0.717, 1.165) is 50.0 Å². The molecule has 0 radical (unpaired) electrons. The zero-order valence-corrected chi connectivity index (χ0v) is 20.6. The van der Waals surface area contributed by atoms with Crippen LogP contribution in [0.1, 0.15) is 27.9 Å². The molecular formula is C27H25N3O4S. The van der Waals surface area contributed by atoms with E-state index in [1.54, 1.807) is 32.2 Å². The number of aliphatic hydroxyl groups is 1. The summed E-state index contributed by atoms with van der Waals surface area (Å²) in [7, 11) is 3.30. The lowest BCUT2D eigenvalue weighted by Gasteiger charge is -2.24. The van der Waals surface area contributed by atoms with Gasteiger partial charge in [-0.15, -0.1) is 11.8 Å². The van der Waals surface area contributed by atoms with Gasteiger partial charge in [0.05, 0.1) is 32.1 Å². The molecule has 0 atom stereocenters. The van der Waals surface area contributed by atoms with Crippen LogP contribution in [0.25, 0.3) is 11.4 Å². The number of aromatic nitrogens is 3. The van der Waals surface area contributed by atoms with Crippen LogP contribution in [0, 0.1) is 6.92 Å². The Morgan fingerprint density at radius 1 is 1.00 bits per heavy atom. The van der Waals surface area contributed by atoms with Crippen molar-refractivity contribution >= 4 is 11.8 Å². The van der Waals surface area contributed by atoms with E-state index in [4.69, 9.17) is 24.2 Å². The average Bonchev–Trinajstić information content (AvgIpc) is 2.91. The zero-order valence-electron chi connectivity index (χ0n) is 19.7. The molecular weight excluding hydrogens is 462 g/mol. The van der Waals surface area contributed by atoms with Crippen LogP contribution >= 0.6 is 11.8 Å². The maximum atomic E-state index is 9.89. The van der Waals surface area contributed by atoms with Gasteiger partial charge in [0.1, 0.15) is 16.5 Å². The van der Waals surface area contributed by atoms with Gasteiger partial charge in [0.25, 0.3) is 0 Å². The van der Waals surface area contributed by atoms with Crippen LogP contribution in [0.15, 0.2) is 59.8 Å². The van der Waals surface area contributed by atoms with Gasteiger partial charge in [-0.1, -0.05) is 24.3 Å². The second-order valence-corrected chi connectivity index (χ2v) is 9.09. The van der Waals surface area contributed by atoms with E-state index in [1.165, 1.54) is 0 Å². The minimum absolute atomic E-state index is 0.108. The number of rotatable bonds is 7. The number of thioether (sulfide) groups is 1. The summed E-state index contributed by atoms with van der Waals surface area (Å²) in [6, 6.07) is 15.7. The Labute approximate surface area is 208 Å². The highest BCUT2D eigenvalue weighted by atomic mass is 32.2. The van der Waals surface area contributed by atoms with Crippen molar-refractivity contribution < 1.29 is 19.3 Å². The molecule has 0 spiro atoms. The van der Waals surface area contributed by atoms with Crippen LogP contribution in [-0.2, 0) is 18.8 Å². The molecule has 3 heterocycles. The summed E-state index contributed by atoms with van der Waals surface area (Å²) in [5.74, 6) is 3.98. The minimum atomic E-state index is -0.108. The largest absolute Gasteiger partial charge is 0.497 e. The van der Waals surface area contributed by atoms with Crippen molar-refractivity contribution in [2.24, 2.45) is 0 Å². The van der Waals surface area contributed by atoms with Crippen molar-refractivity contribution in [1.82, 2.24) is 15.0 Å². The number of hydrogen-bond acceptors (Lipinski definition) is 8. The van der Waals surface area contributed by atoms with Crippen molar-refractivity contribution in [2.45, 2.75) is 30.7 Å². The highest BCUT2D eigenvalue weighted by molar-refractivity contribution is 7.98. The van der Waals surface area contributed by atoms with Gasteiger partial charge < -0.3 is 19.3 Å². The highest BCUT2D eigenvalue weighted by Gasteiger charge is 2.27. The van der Waals surface area contributed by atoms with Gasteiger partial charge in [0.15, 0.2) is 11.6 Å². The minimum Gasteiger partial charge on any atom is -0.497 e. The van der Waals surface area contributed by atoms with Gasteiger partial charge >= 0.3 is 0 Å². The van der Waals surface area contributed by atoms with Crippen molar-refractivity contribution in [3.05, 3.63) is 82.7 Å². The molecule has 1 aliphatic rings. The number of methoxy groups -OCH3 is 2. The molecule has 7 nitrogen and oxygen atoms in total. The van der Waals surface area contributed by atoms with Crippen LogP contribution in [0.2, 0.25) is 0 Å². The fraction of sp³-hybridized carbons (Fsp3) is 0.222. The lowest BCUT2D eigenvalue weighted by Crippen LogP contribution is -2.13. The number of hydrogen-bond donors (Lipinski definition) is 1. The molecule has 0 fully saturated rings. The number of aryl methyl sites for hydroxylation is 1. The van der Waals surface area contributed by atoms with Crippen LogP contribution in [-0.4, -0.2) is 34.3 Å². The van der Waals surface area contributed by atoms with Gasteiger partial charge in [-0.05, 0) is 36.8 Å². The molecule has 8 heteroatoms. The number of ether oxygens (including phenoxy) is 3. The predicted molar refractivity (Wildman–Crippen MR) is 134 cm³/mol. The molecule has 0 saturated heterocycles. The van der Waals surface area contributed by atoms with Crippen molar-refractivity contribution in [2.75, 3.05) is 14.2 Å². The molecule has 2 aromatic carbocycles. The Morgan fingerprint density at radius 2 is 1.77 bits per heavy atom. The van der Waals surface area contributed by atoms with Crippen molar-refractivity contribution in [3.8, 4) is 34.5 Å². The van der Waals surface area contributed by atoms with E-state index in [-0.39, 0.29) is 6.61 Å². The van der Waals surface area contributed by atoms with Gasteiger partial charge in [0.2, 0.25) is 5.88 Å². The van der Waals surface area contributed by atoms with Gasteiger partial charge in [-0.25, -0.2) is 4.98 Å². The fourth-order valence-corrected chi connectivity index (χ4v) is 4.99. The molecule has 5 rings (SSSR count). The van der Waals surface area contributed by atoms with E-state index in [9.17, 15) is 5.11 Å². The summed E-state index contributed by atoms with van der Waals surface area (Å²) >= 11 is 1.62. The molecule has 0 saturated carbocycles. The number of nitrogens with zero attached hydrogens (tertiary/aromatic N) is 3. The Balaban J connectivity index is 1.58. The summed E-state index contributed by atoms with van der Waals surface area (Å²) in [5, 5.41) is 10.7. The average molecular weight is 488 g/mol. The third-order valence-electron chi connectivity index (χ3n) is 5.90. The second kappa shape index (κ2) is 9.93. The normalized spacial score (nSPS) is 11.9. The molecule has 0 aliphatic carbocycles. The summed E-state index contributed by atoms with van der Waals surface area (Å²) in [6.45, 7) is 1.79. The smallest absolute Gasteiger partial charge is 0.227 e. The predicted octanol–water partition coefficient (Wildman–Crippen LogP) is 5.35. The molecule has 178 valence electrons. The maximum Gasteiger partial charge on any atom is 0.227 e. The van der Waals surface area contributed by atoms with Crippen molar-refractivity contribution in [1.29, 1.82) is 0 Å². The molecule has 35 heavy (non-hydrogen) atoms. The SMILES string of the molecule is COc1cccc(CSc2nc(-c3cccc(OC)c3)nc3c2Cc2c(CO)cnc(C)c2O3)c1. The molecule has 1 N–H and O–H groups in total. The topological polar surface area (TPSA) is 86.6 Å². The maximum absolute atomic E-state index is 9.89. The molecule has 4 aromatic rings. The molecule has 0 bridgehead atoms. The second-order valence-electron chi connectivity index (χ2n) is 8.12. The summed E-state index contributed by atoms with van der Waals surface area (Å²) in [5.41, 5.74) is 5.29. The van der Waals surface area contributed by atoms with Crippen molar-refractivity contribution in [3.63, 3.8) is 0 Å². The van der Waals surface area contributed by atoms with E-state index in [1.807, 2.05) is 49.4 Å². The van der Waals surface area contributed by atoms with Crippen LogP contribution in [0.3, 0.4) is 0 Å². The number of fused-ring (bicyclic) bond motifs is 2. The molecule has 2 aromatic heterocycles. The van der Waals surface area contributed by atoms with Gasteiger partial charge in [-0.3, -0.25) is 4.98 Å². The number of aliphatic hydroxyl groups excluding tert-OH is 1. The lowest BCUT2D eigenvalue weighted by molar-refractivity contribution is 0.278. The summed E-state index contributed by atoms with van der Waals surface area (Å²) in [4.78, 5) is 14.1. The monoisotopic (exact) mass is 487 g/mol. The van der Waals surface area contributed by atoms with Crippen LogP contribution < -0.4 is 14.2 Å². The third kappa shape index (κ3) is 4.67. The fourth-order valence-electron chi connectivity index (χ4n) is 4.02. The summed E-state index contributed by atoms with van der Waals surface area (Å²) < 4.78 is 17.1. The third-order valence-corrected chi connectivity index (χ3v) is 6.98. The standard InChI is InChI=1S/C27H25N3O4S/c1-16-24-22(19(14-31)13-28-16)12-23-26(34-24)29-25(18-7-5-9-21(11-18)33-3)30-27(23)35-15-17-6-4-8-20(10-17)32-2/h4-11,13,31H,12,14-15H2,1-3H3. The first-order valence-corrected chi connectivity index (χ1v) is 12.1. The zero-order chi connectivity index (χ0) is 24.4. The summed E-state index contributed by atoms with van der Waals surface area (Å²) in [6.07, 6.45) is 2.26. The first kappa shape index (κ1) is 23.1.